The van der Waals surface area contributed by atoms with Crippen LogP contribution in [0.1, 0.15) is 81.6 Å². The third-order valence-corrected chi connectivity index (χ3v) is 10.8. The molecule has 0 aliphatic carbocycles. The molecule has 0 amide bonds. The molecule has 4 saturated heterocycles. The Hall–Kier alpha value is -1.30. The van der Waals surface area contributed by atoms with Crippen LogP contribution in [-0.4, -0.2) is 127 Å². The largest absolute Gasteiger partial charge is 0.462 e. The fraction of sp³-hybridized carbons (Fsp3) is 0.939. The van der Waals surface area contributed by atoms with E-state index in [4.69, 9.17) is 28.4 Å². The zero-order valence-corrected chi connectivity index (χ0v) is 28.9. The second kappa shape index (κ2) is 14.5. The lowest BCUT2D eigenvalue weighted by Gasteiger charge is -2.47. The van der Waals surface area contributed by atoms with Crippen molar-refractivity contribution < 1.29 is 68.6 Å². The average molecular weight is 677 g/mol. The highest BCUT2D eigenvalue weighted by Gasteiger charge is 2.64. The summed E-state index contributed by atoms with van der Waals surface area (Å²) < 4.78 is 35.8. The highest BCUT2D eigenvalue weighted by Crippen LogP contribution is 2.47. The van der Waals surface area contributed by atoms with Crippen LogP contribution >= 0.6 is 0 Å². The molecule has 0 aromatic rings. The van der Waals surface area contributed by atoms with Crippen LogP contribution in [0.3, 0.4) is 0 Å². The van der Waals surface area contributed by atoms with Crippen molar-refractivity contribution in [2.75, 3.05) is 0 Å². The molecule has 6 N–H and O–H groups in total. The number of Topliss-reactive ketones (excluding diaryl/α,β-unsaturated/α-hetero) is 1. The summed E-state index contributed by atoms with van der Waals surface area (Å²) in [4.78, 5) is 27.5. The van der Waals surface area contributed by atoms with Crippen molar-refractivity contribution in [2.24, 2.45) is 29.6 Å². The molecule has 14 heteroatoms. The number of aliphatic hydroxyl groups is 6. The average Bonchev–Trinajstić information content (AvgIpc) is 3.71. The van der Waals surface area contributed by atoms with Gasteiger partial charge < -0.3 is 59.1 Å². The van der Waals surface area contributed by atoms with E-state index in [2.05, 4.69) is 0 Å². The summed E-state index contributed by atoms with van der Waals surface area (Å²) in [5.74, 6) is -6.55. The predicted molar refractivity (Wildman–Crippen MR) is 163 cm³/mol. The molecule has 4 aliphatic rings. The SMILES string of the molecule is CC[C@H]1OC(=O)[C@H](C)[C@@H](O[C@H]2CC3(O)O[C@H]3C(C)O2)[C@H](C)[C@@H](O[C@@H]2OC(C)[C@@H](O)C(O)C2O)[C@](C)(O)C[C@@H](C)C(=O)[C@H](C)[C@@H](O)[C@H]1C. The third kappa shape index (κ3) is 7.88. The Balaban J connectivity index is 1.76. The van der Waals surface area contributed by atoms with E-state index >= 15 is 0 Å². The lowest BCUT2D eigenvalue weighted by molar-refractivity contribution is -0.329. The molecule has 0 saturated carbocycles. The lowest BCUT2D eigenvalue weighted by atomic mass is 9.74. The molecular weight excluding hydrogens is 620 g/mol. The van der Waals surface area contributed by atoms with Crippen LogP contribution in [0.2, 0.25) is 0 Å². The summed E-state index contributed by atoms with van der Waals surface area (Å²) in [7, 11) is 0. The maximum Gasteiger partial charge on any atom is 0.311 e. The van der Waals surface area contributed by atoms with E-state index < -0.39 is 121 Å². The van der Waals surface area contributed by atoms with Gasteiger partial charge in [-0.05, 0) is 40.5 Å². The molecule has 0 radical (unpaired) electrons. The van der Waals surface area contributed by atoms with Crippen molar-refractivity contribution in [3.05, 3.63) is 0 Å². The van der Waals surface area contributed by atoms with Crippen LogP contribution in [0.15, 0.2) is 0 Å². The van der Waals surface area contributed by atoms with Crippen LogP contribution < -0.4 is 0 Å². The van der Waals surface area contributed by atoms with Gasteiger partial charge in [-0.1, -0.05) is 34.6 Å². The summed E-state index contributed by atoms with van der Waals surface area (Å²) in [6.07, 6.45) is -13.4. The van der Waals surface area contributed by atoms with Crippen LogP contribution in [0.25, 0.3) is 0 Å². The van der Waals surface area contributed by atoms with Gasteiger partial charge in [0.15, 0.2) is 12.6 Å². The van der Waals surface area contributed by atoms with Gasteiger partial charge in [0.25, 0.3) is 0 Å². The molecule has 0 spiro atoms. The summed E-state index contributed by atoms with van der Waals surface area (Å²) in [5.41, 5.74) is -1.84. The first-order chi connectivity index (χ1) is 21.7. The van der Waals surface area contributed by atoms with Gasteiger partial charge in [-0.15, -0.1) is 0 Å². The number of epoxide rings is 1. The van der Waals surface area contributed by atoms with Crippen molar-refractivity contribution >= 4 is 11.8 Å². The number of ether oxygens (including phenoxy) is 6. The van der Waals surface area contributed by atoms with E-state index in [-0.39, 0.29) is 18.6 Å². The van der Waals surface area contributed by atoms with Crippen LogP contribution in [0.5, 0.6) is 0 Å². The molecule has 0 aromatic heterocycles. The van der Waals surface area contributed by atoms with Crippen LogP contribution in [-0.2, 0) is 38.0 Å². The number of cyclic esters (lactones) is 1. The van der Waals surface area contributed by atoms with Gasteiger partial charge in [-0.2, -0.15) is 0 Å². The molecule has 4 aliphatic heterocycles. The van der Waals surface area contributed by atoms with Crippen molar-refractivity contribution in [2.45, 2.75) is 167 Å². The number of carbonyl (C=O) groups excluding carboxylic acids is 2. The topological polar surface area (TPSA) is 214 Å². The lowest BCUT2D eigenvalue weighted by Crippen LogP contribution is -2.61. The van der Waals surface area contributed by atoms with E-state index in [1.807, 2.05) is 6.92 Å². The summed E-state index contributed by atoms with van der Waals surface area (Å²) in [5, 5.41) is 65.8. The van der Waals surface area contributed by atoms with E-state index in [0.717, 1.165) is 0 Å². The number of rotatable bonds is 5. The van der Waals surface area contributed by atoms with Gasteiger partial charge in [0.05, 0.1) is 48.5 Å². The van der Waals surface area contributed by atoms with Crippen LogP contribution in [0, 0.1) is 29.6 Å². The second-order valence-corrected chi connectivity index (χ2v) is 14.7. The Morgan fingerprint density at radius 2 is 1.43 bits per heavy atom. The van der Waals surface area contributed by atoms with Crippen molar-refractivity contribution in [3.63, 3.8) is 0 Å². The van der Waals surface area contributed by atoms with E-state index in [9.17, 15) is 40.2 Å². The number of carbonyl (C=O) groups is 2. The van der Waals surface area contributed by atoms with Crippen molar-refractivity contribution in [1.29, 1.82) is 0 Å². The Labute approximate surface area is 276 Å². The summed E-state index contributed by atoms with van der Waals surface area (Å²) in [6, 6.07) is 0. The Kier molecular flexibility index (Phi) is 11.9. The molecule has 5 unspecified atom stereocenters. The molecule has 0 aromatic carbocycles. The molecule has 0 bridgehead atoms. The van der Waals surface area contributed by atoms with Gasteiger partial charge in [0, 0.05) is 23.7 Å². The summed E-state index contributed by atoms with van der Waals surface area (Å²) in [6.45, 7) is 14.7. The normalized spacial score (nSPS) is 53.5. The highest BCUT2D eigenvalue weighted by atomic mass is 16.8. The summed E-state index contributed by atoms with van der Waals surface area (Å²) >= 11 is 0. The fourth-order valence-electron chi connectivity index (χ4n) is 7.72. The first-order valence-electron chi connectivity index (χ1n) is 16.9. The molecule has 19 atom stereocenters. The Morgan fingerprint density at radius 3 is 2.02 bits per heavy atom. The molecular formula is C33H56O14. The maximum absolute atomic E-state index is 13.8. The molecule has 4 heterocycles. The standard InChI is InChI=1S/C33H56O14/c1-10-20-14(3)23(35)15(4)22(34)13(2)11-32(9,40)28(46-31-26(38)25(37)24(36)18(7)43-31)16(5)27(17(6)30(39)44-20)45-21-12-33(41)29(47-33)19(8)42-21/h13-21,23-29,31,35-38,40-41H,10-12H2,1-9H3/t13-,14+,15+,16+,17-,18?,19?,20-,21+,23+,24-,25?,26?,27+,28-,29+,31+,32-,33?/m1/s1. The van der Waals surface area contributed by atoms with Crippen molar-refractivity contribution in [3.8, 4) is 0 Å². The van der Waals surface area contributed by atoms with E-state index in [1.165, 1.54) is 13.8 Å². The molecule has 272 valence electrons. The highest BCUT2D eigenvalue weighted by molar-refractivity contribution is 5.83. The monoisotopic (exact) mass is 676 g/mol. The van der Waals surface area contributed by atoms with Gasteiger partial charge in [0.1, 0.15) is 36.3 Å². The van der Waals surface area contributed by atoms with Gasteiger partial charge >= 0.3 is 5.97 Å². The smallest absolute Gasteiger partial charge is 0.311 e. The number of fused-ring (bicyclic) bond motifs is 1. The van der Waals surface area contributed by atoms with E-state index in [1.54, 1.807) is 41.5 Å². The van der Waals surface area contributed by atoms with Crippen LogP contribution in [0.4, 0.5) is 0 Å². The zero-order valence-electron chi connectivity index (χ0n) is 28.9. The van der Waals surface area contributed by atoms with Gasteiger partial charge in [0.2, 0.25) is 5.79 Å². The fourth-order valence-corrected chi connectivity index (χ4v) is 7.72. The molecule has 14 nitrogen and oxygen atoms in total. The Morgan fingerprint density at radius 1 is 0.787 bits per heavy atom. The van der Waals surface area contributed by atoms with E-state index in [0.29, 0.717) is 6.42 Å². The first-order valence-corrected chi connectivity index (χ1v) is 16.9. The quantitative estimate of drug-likeness (QED) is 0.172. The van der Waals surface area contributed by atoms with Gasteiger partial charge in [-0.3, -0.25) is 9.59 Å². The minimum absolute atomic E-state index is 0.0504. The Bertz CT molecular complexity index is 1100. The second-order valence-electron chi connectivity index (χ2n) is 14.7. The minimum Gasteiger partial charge on any atom is -0.462 e. The zero-order chi connectivity index (χ0) is 35.3. The van der Waals surface area contributed by atoms with Crippen molar-refractivity contribution in [1.82, 2.24) is 0 Å². The first kappa shape index (κ1) is 38.5. The number of aliphatic hydroxyl groups excluding tert-OH is 4. The number of hydrogen-bond donors (Lipinski definition) is 6. The molecule has 47 heavy (non-hydrogen) atoms. The predicted octanol–water partition coefficient (Wildman–Crippen LogP) is 0.394. The third-order valence-electron chi connectivity index (χ3n) is 10.8. The maximum atomic E-state index is 13.8. The molecule has 4 fully saturated rings. The number of ketones is 1. The van der Waals surface area contributed by atoms with Gasteiger partial charge in [-0.25, -0.2) is 0 Å². The number of esters is 1. The number of hydrogen-bond acceptors (Lipinski definition) is 14. The minimum atomic E-state index is -1.84. The molecule has 4 rings (SSSR count).